The van der Waals surface area contributed by atoms with Crippen LogP contribution in [0.15, 0.2) is 53.1 Å². The van der Waals surface area contributed by atoms with Crippen LogP contribution in [0.3, 0.4) is 0 Å². The Hall–Kier alpha value is -3.61. The highest BCUT2D eigenvalue weighted by Gasteiger charge is 2.21. The first-order valence-corrected chi connectivity index (χ1v) is 7.57. The highest BCUT2D eigenvalue weighted by molar-refractivity contribution is 6.09. The minimum absolute atomic E-state index is 0.167. The van der Waals surface area contributed by atoms with Crippen LogP contribution in [0.1, 0.15) is 26.6 Å². The molecule has 0 atom stereocenters. The van der Waals surface area contributed by atoms with E-state index in [1.807, 2.05) is 12.1 Å². The van der Waals surface area contributed by atoms with Gasteiger partial charge in [0.25, 0.3) is 11.8 Å². The molecule has 0 radical (unpaired) electrons. The summed E-state index contributed by atoms with van der Waals surface area (Å²) >= 11 is 0. The summed E-state index contributed by atoms with van der Waals surface area (Å²) in [4.78, 5) is 24.6. The quantitative estimate of drug-likeness (QED) is 0.746. The molecule has 0 bridgehead atoms. The lowest BCUT2D eigenvalue weighted by atomic mass is 10.1. The van der Waals surface area contributed by atoms with Crippen LogP contribution >= 0.6 is 0 Å². The van der Waals surface area contributed by atoms with Crippen LogP contribution in [0.4, 0.5) is 11.4 Å². The summed E-state index contributed by atoms with van der Waals surface area (Å²) in [5, 5.41) is 9.14. The first-order chi connectivity index (χ1) is 12.1. The van der Waals surface area contributed by atoms with Crippen molar-refractivity contribution in [2.24, 2.45) is 0 Å². The molecule has 3 aromatic rings. The molecule has 124 valence electrons. The predicted octanol–water partition coefficient (Wildman–Crippen LogP) is 3.59. The van der Waals surface area contributed by atoms with E-state index in [2.05, 4.69) is 15.8 Å². The molecule has 2 aromatic carbocycles. The van der Waals surface area contributed by atoms with Gasteiger partial charge in [0.05, 0.1) is 11.3 Å². The number of fused-ring (bicyclic) bond motifs is 2. The number of hydrogen-bond donors (Lipinski definition) is 2. The monoisotopic (exact) mass is 335 g/mol. The van der Waals surface area contributed by atoms with Gasteiger partial charge in [-0.25, -0.2) is 0 Å². The second-order valence-electron chi connectivity index (χ2n) is 5.54. The molecule has 0 aliphatic carbocycles. The molecule has 0 saturated carbocycles. The largest absolute Gasteiger partial charge is 0.454 e. The molecule has 25 heavy (non-hydrogen) atoms. The number of amides is 2. The van der Waals surface area contributed by atoms with E-state index in [1.165, 1.54) is 6.07 Å². The van der Waals surface area contributed by atoms with Gasteiger partial charge >= 0.3 is 0 Å². The van der Waals surface area contributed by atoms with E-state index >= 15 is 0 Å². The Balaban J connectivity index is 1.63. The van der Waals surface area contributed by atoms with Crippen LogP contribution in [0, 0.1) is 6.92 Å². The predicted molar refractivity (Wildman–Crippen MR) is 90.1 cm³/mol. The maximum Gasteiger partial charge on any atom is 0.277 e. The van der Waals surface area contributed by atoms with Crippen LogP contribution in [-0.4, -0.2) is 17.0 Å². The second kappa shape index (κ2) is 5.79. The van der Waals surface area contributed by atoms with E-state index in [4.69, 9.17) is 9.26 Å². The Kier molecular flexibility index (Phi) is 3.46. The van der Waals surface area contributed by atoms with Crippen molar-refractivity contribution in [3.8, 4) is 11.5 Å². The smallest absolute Gasteiger partial charge is 0.277 e. The van der Waals surface area contributed by atoms with Crippen molar-refractivity contribution in [1.29, 1.82) is 0 Å². The zero-order valence-electron chi connectivity index (χ0n) is 13.2. The van der Waals surface area contributed by atoms with Gasteiger partial charge in [-0.15, -0.1) is 0 Å². The van der Waals surface area contributed by atoms with Gasteiger partial charge in [-0.05, 0) is 37.3 Å². The van der Waals surface area contributed by atoms with Crippen LogP contribution in [-0.2, 0) is 0 Å². The summed E-state index contributed by atoms with van der Waals surface area (Å²) < 4.78 is 10.7. The molecule has 0 unspecified atom stereocenters. The molecule has 7 heteroatoms. The normalized spacial score (nSPS) is 12.3. The van der Waals surface area contributed by atoms with Gasteiger partial charge < -0.3 is 19.9 Å². The van der Waals surface area contributed by atoms with Crippen molar-refractivity contribution in [1.82, 2.24) is 5.16 Å². The first kappa shape index (κ1) is 14.9. The summed E-state index contributed by atoms with van der Waals surface area (Å²) in [7, 11) is 0. The van der Waals surface area contributed by atoms with E-state index in [0.29, 0.717) is 34.2 Å². The number of carbonyl (C=O) groups excluding carboxylic acids is 2. The number of anilines is 2. The van der Waals surface area contributed by atoms with Crippen LogP contribution in [0.5, 0.6) is 11.5 Å². The average Bonchev–Trinajstić information content (AvgIpc) is 2.98. The van der Waals surface area contributed by atoms with Crippen molar-refractivity contribution in [2.75, 3.05) is 10.6 Å². The van der Waals surface area contributed by atoms with Gasteiger partial charge in [-0.2, -0.15) is 0 Å². The average molecular weight is 335 g/mol. The molecule has 0 fully saturated rings. The highest BCUT2D eigenvalue weighted by Crippen LogP contribution is 2.36. The molecule has 2 heterocycles. The molecule has 1 aliphatic rings. The van der Waals surface area contributed by atoms with Gasteiger partial charge in [-0.1, -0.05) is 17.3 Å². The second-order valence-corrected chi connectivity index (χ2v) is 5.54. The van der Waals surface area contributed by atoms with Gasteiger partial charge in [-0.3, -0.25) is 9.59 Å². The van der Waals surface area contributed by atoms with E-state index in [1.54, 1.807) is 37.3 Å². The Morgan fingerprint density at radius 3 is 2.76 bits per heavy atom. The minimum Gasteiger partial charge on any atom is -0.454 e. The maximum atomic E-state index is 12.4. The topological polar surface area (TPSA) is 93.5 Å². The Morgan fingerprint density at radius 2 is 1.96 bits per heavy atom. The number of aryl methyl sites for hydroxylation is 1. The Bertz CT molecular complexity index is 993. The lowest BCUT2D eigenvalue weighted by Crippen LogP contribution is -2.14. The molecule has 1 aliphatic heterocycles. The fraction of sp³-hybridized carbons (Fsp3) is 0.0556. The number of carbonyl (C=O) groups is 2. The number of aromatic nitrogens is 1. The molecule has 7 nitrogen and oxygen atoms in total. The van der Waals surface area contributed by atoms with Crippen molar-refractivity contribution in [3.05, 3.63) is 65.5 Å². The standard InChI is InChI=1S/C18H13N3O4/c1-10-8-14(21-25-10)18(23)19-11-6-7-15-12(9-11)17(22)20-13-4-2-3-5-16(13)24-15/h2-9H,1H3,(H,19,23)(H,20,22). The molecule has 0 saturated heterocycles. The summed E-state index contributed by atoms with van der Waals surface area (Å²) in [5.41, 5.74) is 1.53. The number of hydrogen-bond acceptors (Lipinski definition) is 5. The van der Waals surface area contributed by atoms with Crippen LogP contribution in [0.25, 0.3) is 0 Å². The van der Waals surface area contributed by atoms with Gasteiger partial charge in [0.2, 0.25) is 0 Å². The van der Waals surface area contributed by atoms with Crippen molar-refractivity contribution in [2.45, 2.75) is 6.92 Å². The summed E-state index contributed by atoms with van der Waals surface area (Å²) in [6, 6.07) is 13.6. The van der Waals surface area contributed by atoms with Crippen molar-refractivity contribution >= 4 is 23.2 Å². The summed E-state index contributed by atoms with van der Waals surface area (Å²) in [6.07, 6.45) is 0. The van der Waals surface area contributed by atoms with E-state index < -0.39 is 5.91 Å². The Morgan fingerprint density at radius 1 is 1.12 bits per heavy atom. The molecular weight excluding hydrogens is 322 g/mol. The first-order valence-electron chi connectivity index (χ1n) is 7.57. The molecule has 4 rings (SSSR count). The molecule has 0 spiro atoms. The number of rotatable bonds is 2. The van der Waals surface area contributed by atoms with E-state index in [9.17, 15) is 9.59 Å². The van der Waals surface area contributed by atoms with Crippen LogP contribution < -0.4 is 15.4 Å². The Labute approximate surface area is 142 Å². The molecule has 2 amide bonds. The molecule has 1 aromatic heterocycles. The maximum absolute atomic E-state index is 12.4. The summed E-state index contributed by atoms with van der Waals surface area (Å²) in [5.74, 6) is 0.781. The molecule has 2 N–H and O–H groups in total. The molecular formula is C18H13N3O4. The number of nitrogens with one attached hydrogen (secondary N) is 2. The third kappa shape index (κ3) is 2.83. The van der Waals surface area contributed by atoms with Crippen molar-refractivity contribution in [3.63, 3.8) is 0 Å². The van der Waals surface area contributed by atoms with Crippen molar-refractivity contribution < 1.29 is 18.8 Å². The van der Waals surface area contributed by atoms with Gasteiger partial charge in [0, 0.05) is 11.8 Å². The van der Waals surface area contributed by atoms with Gasteiger partial charge in [0.15, 0.2) is 11.4 Å². The number of nitrogens with zero attached hydrogens (tertiary/aromatic N) is 1. The number of para-hydroxylation sites is 2. The summed E-state index contributed by atoms with van der Waals surface area (Å²) in [6.45, 7) is 1.70. The zero-order valence-corrected chi connectivity index (χ0v) is 13.2. The third-order valence-electron chi connectivity index (χ3n) is 3.70. The van der Waals surface area contributed by atoms with Crippen LogP contribution in [0.2, 0.25) is 0 Å². The van der Waals surface area contributed by atoms with E-state index in [0.717, 1.165) is 0 Å². The number of benzene rings is 2. The lowest BCUT2D eigenvalue weighted by Gasteiger charge is -2.09. The SMILES string of the molecule is Cc1cc(C(=O)Nc2ccc3c(c2)C(=O)Nc2ccccc2O3)no1. The minimum atomic E-state index is -0.421. The fourth-order valence-electron chi connectivity index (χ4n) is 2.51. The van der Waals surface area contributed by atoms with E-state index in [-0.39, 0.29) is 11.6 Å². The zero-order chi connectivity index (χ0) is 17.4. The fourth-order valence-corrected chi connectivity index (χ4v) is 2.51. The lowest BCUT2D eigenvalue weighted by molar-refractivity contribution is 0.101. The highest BCUT2D eigenvalue weighted by atomic mass is 16.5. The van der Waals surface area contributed by atoms with Gasteiger partial charge in [0.1, 0.15) is 11.5 Å². The third-order valence-corrected chi connectivity index (χ3v) is 3.70. The number of ether oxygens (including phenoxy) is 1.